The van der Waals surface area contributed by atoms with Crippen LogP contribution < -0.4 is 9.47 Å². The number of aliphatic hydroxyl groups excluding tert-OH is 14. The fourth-order valence-corrected chi connectivity index (χ4v) is 19.5. The molecule has 1 aromatic rings. The quantitative estimate of drug-likeness (QED) is 0.0228. The number of ether oxygens (including phenoxy) is 14. The van der Waals surface area contributed by atoms with Crippen LogP contribution in [0.3, 0.4) is 0 Å². The normalized spacial score (nSPS) is 47.5. The maximum absolute atomic E-state index is 16.4. The second-order valence-corrected chi connectivity index (χ2v) is 31.9. The zero-order chi connectivity index (χ0) is 76.7. The minimum atomic E-state index is -2.15. The first-order valence-corrected chi connectivity index (χ1v) is 36.0. The van der Waals surface area contributed by atoms with Crippen molar-refractivity contribution < 1.29 is 162 Å². The number of aliphatic carboxylic acids is 1. The van der Waals surface area contributed by atoms with E-state index in [0.29, 0.717) is 36.3 Å². The van der Waals surface area contributed by atoms with Crippen LogP contribution in [-0.2, 0) is 76.0 Å². The third-order valence-corrected chi connectivity index (χ3v) is 25.4. The summed E-state index contributed by atoms with van der Waals surface area (Å²) in [5.41, 5.74) is -5.53. The Morgan fingerprint density at radius 2 is 1.18 bits per heavy atom. The van der Waals surface area contributed by atoms with Gasteiger partial charge in [0.1, 0.15) is 104 Å². The highest BCUT2D eigenvalue weighted by molar-refractivity contribution is 5.87. The molecule has 0 unspecified atom stereocenters. The number of rotatable bonds is 20. The van der Waals surface area contributed by atoms with Crippen molar-refractivity contribution in [3.8, 4) is 11.5 Å². The minimum Gasteiger partial charge on any atom is -0.493 e. The Hall–Kier alpha value is -4.74. The average molecular weight is 1500 g/mol. The first-order chi connectivity index (χ1) is 49.4. The number of esters is 3. The molecule has 592 valence electrons. The van der Waals surface area contributed by atoms with Gasteiger partial charge in [-0.25, -0.2) is 4.79 Å². The van der Waals surface area contributed by atoms with Gasteiger partial charge in [-0.05, 0) is 136 Å². The lowest BCUT2D eigenvalue weighted by atomic mass is 9.33. The van der Waals surface area contributed by atoms with Gasteiger partial charge in [-0.2, -0.15) is 0 Å². The lowest BCUT2D eigenvalue weighted by Gasteiger charge is -2.71. The van der Waals surface area contributed by atoms with Crippen molar-refractivity contribution in [1.29, 1.82) is 0 Å². The first kappa shape index (κ1) is 81.3. The summed E-state index contributed by atoms with van der Waals surface area (Å²) in [7, 11) is 2.86. The van der Waals surface area contributed by atoms with E-state index >= 15 is 4.79 Å². The highest BCUT2D eigenvalue weighted by atomic mass is 16.8. The molecule has 0 bridgehead atoms. The van der Waals surface area contributed by atoms with E-state index in [4.69, 9.17) is 66.3 Å². The largest absolute Gasteiger partial charge is 0.493 e. The number of methoxy groups -OCH3 is 2. The van der Waals surface area contributed by atoms with Gasteiger partial charge >= 0.3 is 23.9 Å². The van der Waals surface area contributed by atoms with Crippen LogP contribution in [0.5, 0.6) is 11.5 Å². The van der Waals surface area contributed by atoms with Crippen molar-refractivity contribution in [1.82, 2.24) is 0 Å². The molecule has 10 aliphatic rings. The molecule has 5 saturated heterocycles. The van der Waals surface area contributed by atoms with Crippen molar-refractivity contribution in [3.63, 3.8) is 0 Å². The lowest BCUT2D eigenvalue weighted by Crippen LogP contribution is -2.71. The number of carbonyl (C=O) groups is 4. The maximum atomic E-state index is 16.4. The Morgan fingerprint density at radius 3 is 1.83 bits per heavy atom. The summed E-state index contributed by atoms with van der Waals surface area (Å²) in [5.74, 6) is -5.17. The number of hydrogen-bond acceptors (Lipinski definition) is 32. The Morgan fingerprint density at radius 1 is 0.590 bits per heavy atom. The van der Waals surface area contributed by atoms with Gasteiger partial charge in [-0.3, -0.25) is 14.4 Å². The van der Waals surface area contributed by atoms with Gasteiger partial charge in [-0.1, -0.05) is 45.4 Å². The summed E-state index contributed by atoms with van der Waals surface area (Å²) in [6, 6.07) is 4.79. The van der Waals surface area contributed by atoms with Crippen LogP contribution in [0.2, 0.25) is 0 Å². The van der Waals surface area contributed by atoms with E-state index in [9.17, 15) is 91.0 Å². The molecule has 5 aliphatic heterocycles. The highest BCUT2D eigenvalue weighted by Gasteiger charge is 2.74. The second kappa shape index (κ2) is 31.2. The molecule has 33 heteroatoms. The van der Waals surface area contributed by atoms with Gasteiger partial charge in [-0.15, -0.1) is 0 Å². The van der Waals surface area contributed by atoms with E-state index in [1.807, 2.05) is 13.0 Å². The molecule has 9 fully saturated rings. The number of carbonyl (C=O) groups excluding carboxylic acids is 3. The van der Waals surface area contributed by atoms with E-state index in [1.54, 1.807) is 18.2 Å². The Balaban J connectivity index is 0.954. The smallest absolute Gasteiger partial charge is 0.331 e. The molecular formula is C72H106O33. The predicted molar refractivity (Wildman–Crippen MR) is 353 cm³/mol. The first-order valence-electron chi connectivity index (χ1n) is 36.0. The van der Waals surface area contributed by atoms with E-state index in [1.165, 1.54) is 41.1 Å². The molecule has 4 saturated carbocycles. The Labute approximate surface area is 606 Å². The summed E-state index contributed by atoms with van der Waals surface area (Å²) in [5, 5.41) is 168. The number of carboxylic acid groups (broad SMARTS) is 1. The Bertz CT molecular complexity index is 3320. The third-order valence-electron chi connectivity index (χ3n) is 25.4. The highest BCUT2D eigenvalue weighted by Crippen LogP contribution is 2.76. The molecule has 105 heavy (non-hydrogen) atoms. The molecule has 0 aromatic heterocycles. The van der Waals surface area contributed by atoms with Gasteiger partial charge in [0.25, 0.3) is 0 Å². The van der Waals surface area contributed by atoms with E-state index in [0.717, 1.165) is 18.6 Å². The van der Waals surface area contributed by atoms with Crippen molar-refractivity contribution in [2.75, 3.05) is 40.6 Å². The van der Waals surface area contributed by atoms with Crippen LogP contribution in [0, 0.1) is 50.2 Å². The fraction of sp³-hybridized carbons (Fsp3) is 0.806. The molecule has 15 N–H and O–H groups in total. The topological polar surface area (TPSA) is 501 Å². The molecular weight excluding hydrogens is 1390 g/mol. The van der Waals surface area contributed by atoms with Crippen LogP contribution in [0.15, 0.2) is 35.9 Å². The number of hydrogen-bond donors (Lipinski definition) is 15. The molecule has 5 aliphatic carbocycles. The van der Waals surface area contributed by atoms with E-state index < -0.39 is 260 Å². The average Bonchev–Trinajstić information content (AvgIpc) is 0.668. The molecule has 0 amide bonds. The zero-order valence-corrected chi connectivity index (χ0v) is 60.5. The van der Waals surface area contributed by atoms with Crippen LogP contribution in [0.1, 0.15) is 119 Å². The minimum absolute atomic E-state index is 0.0289. The maximum Gasteiger partial charge on any atom is 0.331 e. The zero-order valence-electron chi connectivity index (χ0n) is 60.5. The number of fused-ring (bicyclic) bond motifs is 7. The van der Waals surface area contributed by atoms with Crippen LogP contribution in [0.4, 0.5) is 0 Å². The lowest BCUT2D eigenvalue weighted by molar-refractivity contribution is -0.391. The SMILES string of the molecule is COc1ccc(/C=C\C(=O)O[C@@H]2[C@H](O[C@@H]3O[C@H](COC(C)=O)[C@@H](O)[C@H](O)[C@H]3O)[C@@H](O[C@@H]3O[C@@H](C)[C@H](O[C@@H]4OC[C@@H](O)[C@H](O)[C@H]4O)[C@@H](O)[C@H]3O)[C@H](OC(=O)[C@]34CCC(C)(C)C[C@H]3C3=CC[C@@H]5[C@@]6(C)C[C@H](O)[C@H](O[C@@H]7O[C@H](CO)[C@@H](O)[C@H](O)[C@H]7O)[C@@](C)(C(=O)O)[C@@H]6CC[C@@]5(C)[C@]3(CO)CC4)O[C@@H]2C)cc1OC. The van der Waals surface area contributed by atoms with Crippen molar-refractivity contribution in [3.05, 3.63) is 41.5 Å². The molecule has 11 rings (SSSR count). The van der Waals surface area contributed by atoms with Crippen molar-refractivity contribution >= 4 is 30.0 Å². The summed E-state index contributed by atoms with van der Waals surface area (Å²) in [6.07, 6.45) is -39.8. The van der Waals surface area contributed by atoms with Gasteiger partial charge in [0.05, 0.1) is 63.2 Å². The standard InChI is InChI=1S/C72H106O33/c1-30-55(101-60-51(85)45(79)37(77)27-95-60)50(84)54(88)61(96-30)103-58-57(102-62-52(86)49(83)47(81)41(99-62)28-94-32(3)75)56(100-44(78)16-12-33-11-14-38(92-9)39(23-33)93-10)31(2)97-64(58)105-66(91)71-20-19-67(4,5)24-35(71)34-13-15-42-68(6)25-36(76)59(104-63-53(87)48(82)46(80)40(26-73)98-63)70(8,65(89)90)43(68)17-18-69(42,7)72(34,29-74)22-21-71/h11-14,16,23,30-31,35-37,40-43,45-64,73-74,76-77,79-88H,15,17-22,24-29H2,1-10H3,(H,89,90)/b16-12-/t30-,31+,35-,36-,37+,40+,41+,42+,43+,45-,46+,47+,48-,49-,50-,51+,52+,53+,54+,55-,56-,57-,58+,59-,60-,61-,62-,63-,64-,68+,69+,70-,71-,72-/m0/s1. The molecule has 0 spiro atoms. The predicted octanol–water partition coefficient (Wildman–Crippen LogP) is -1.66. The van der Waals surface area contributed by atoms with E-state index in [2.05, 4.69) is 20.8 Å². The summed E-state index contributed by atoms with van der Waals surface area (Å²) in [4.78, 5) is 56.9. The third kappa shape index (κ3) is 14.5. The van der Waals surface area contributed by atoms with Crippen LogP contribution in [0.25, 0.3) is 6.08 Å². The monoisotopic (exact) mass is 1500 g/mol. The molecule has 5 heterocycles. The summed E-state index contributed by atoms with van der Waals surface area (Å²) >= 11 is 0. The molecule has 1 aromatic carbocycles. The number of aliphatic hydroxyl groups is 14. The summed E-state index contributed by atoms with van der Waals surface area (Å²) < 4.78 is 84.5. The van der Waals surface area contributed by atoms with Gasteiger partial charge in [0.2, 0.25) is 6.29 Å². The number of benzene rings is 1. The van der Waals surface area contributed by atoms with Crippen molar-refractivity contribution in [2.24, 2.45) is 50.2 Å². The van der Waals surface area contributed by atoms with E-state index in [-0.39, 0.29) is 38.5 Å². The second-order valence-electron chi connectivity index (χ2n) is 31.9. The molecule has 33 nitrogen and oxygen atoms in total. The van der Waals surface area contributed by atoms with Gasteiger partial charge in [0.15, 0.2) is 48.9 Å². The summed E-state index contributed by atoms with van der Waals surface area (Å²) in [6.45, 7) is 11.1. The van der Waals surface area contributed by atoms with Crippen LogP contribution in [-0.4, -0.2) is 301 Å². The van der Waals surface area contributed by atoms with Crippen molar-refractivity contribution in [2.45, 2.75) is 273 Å². The Kier molecular flexibility index (Phi) is 24.1. The molecule has 34 atom stereocenters. The van der Waals surface area contributed by atoms with Gasteiger partial charge in [0, 0.05) is 18.4 Å². The van der Waals surface area contributed by atoms with Crippen LogP contribution >= 0.6 is 0 Å². The number of allylic oxidation sites excluding steroid dienone is 1. The number of carboxylic acids is 1. The van der Waals surface area contributed by atoms with Gasteiger partial charge < -0.3 is 143 Å². The molecule has 0 radical (unpaired) electrons. The fourth-order valence-electron chi connectivity index (χ4n) is 19.5.